The lowest BCUT2D eigenvalue weighted by Crippen LogP contribution is -2.01. The standard InChI is InChI=1S/C9H12O3S/c1-5(3-8(11)12)9-7(10)4-6(2)13-9/h4-5,10H,3H2,1-2H3,(H,11,12). The predicted octanol–water partition coefficient (Wildman–Crippen LogP) is 2.34. The second-order valence-electron chi connectivity index (χ2n) is 3.11. The van der Waals surface area contributed by atoms with Gasteiger partial charge in [0.05, 0.1) is 6.42 Å². The molecule has 0 aliphatic rings. The van der Waals surface area contributed by atoms with Crippen molar-refractivity contribution in [3.8, 4) is 5.75 Å². The molecule has 0 aromatic carbocycles. The van der Waals surface area contributed by atoms with Gasteiger partial charge in [-0.15, -0.1) is 11.3 Å². The molecule has 1 rings (SSSR count). The van der Waals surface area contributed by atoms with Crippen LogP contribution in [0.5, 0.6) is 5.75 Å². The van der Waals surface area contributed by atoms with E-state index in [1.165, 1.54) is 11.3 Å². The molecule has 0 bridgehead atoms. The highest BCUT2D eigenvalue weighted by Crippen LogP contribution is 2.35. The topological polar surface area (TPSA) is 57.5 Å². The molecule has 13 heavy (non-hydrogen) atoms. The number of hydrogen-bond donors (Lipinski definition) is 2. The van der Waals surface area contributed by atoms with E-state index in [0.717, 1.165) is 9.75 Å². The fourth-order valence-corrected chi connectivity index (χ4v) is 2.19. The Hall–Kier alpha value is -1.03. The summed E-state index contributed by atoms with van der Waals surface area (Å²) in [5.41, 5.74) is 0. The number of carbonyl (C=O) groups is 1. The van der Waals surface area contributed by atoms with Gasteiger partial charge in [0.2, 0.25) is 0 Å². The molecule has 3 nitrogen and oxygen atoms in total. The summed E-state index contributed by atoms with van der Waals surface area (Å²) in [6.07, 6.45) is 0.0630. The lowest BCUT2D eigenvalue weighted by Gasteiger charge is -2.05. The summed E-state index contributed by atoms with van der Waals surface area (Å²) in [4.78, 5) is 12.2. The Kier molecular flexibility index (Phi) is 2.93. The van der Waals surface area contributed by atoms with Crippen LogP contribution in [-0.2, 0) is 4.79 Å². The molecule has 0 amide bonds. The SMILES string of the molecule is Cc1cc(O)c(C(C)CC(=O)O)s1. The molecule has 1 unspecified atom stereocenters. The van der Waals surface area contributed by atoms with Crippen LogP contribution in [0.4, 0.5) is 0 Å². The van der Waals surface area contributed by atoms with Gasteiger partial charge in [-0.05, 0) is 13.0 Å². The van der Waals surface area contributed by atoms with E-state index in [-0.39, 0.29) is 18.1 Å². The number of carboxylic acid groups (broad SMARTS) is 1. The normalized spacial score (nSPS) is 12.8. The number of aliphatic carboxylic acids is 1. The van der Waals surface area contributed by atoms with Gasteiger partial charge < -0.3 is 10.2 Å². The summed E-state index contributed by atoms with van der Waals surface area (Å²) < 4.78 is 0. The van der Waals surface area contributed by atoms with E-state index in [1.54, 1.807) is 13.0 Å². The van der Waals surface area contributed by atoms with Crippen molar-refractivity contribution in [2.45, 2.75) is 26.2 Å². The molecule has 72 valence electrons. The first-order chi connectivity index (χ1) is 6.00. The van der Waals surface area contributed by atoms with Crippen LogP contribution in [0.1, 0.15) is 29.0 Å². The van der Waals surface area contributed by atoms with Crippen molar-refractivity contribution in [1.82, 2.24) is 0 Å². The van der Waals surface area contributed by atoms with E-state index >= 15 is 0 Å². The summed E-state index contributed by atoms with van der Waals surface area (Å²) in [6, 6.07) is 1.67. The number of hydrogen-bond acceptors (Lipinski definition) is 3. The van der Waals surface area contributed by atoms with Crippen molar-refractivity contribution in [3.63, 3.8) is 0 Å². The van der Waals surface area contributed by atoms with Crippen molar-refractivity contribution in [3.05, 3.63) is 15.8 Å². The van der Waals surface area contributed by atoms with E-state index in [9.17, 15) is 9.90 Å². The molecule has 0 fully saturated rings. The van der Waals surface area contributed by atoms with Crippen molar-refractivity contribution in [1.29, 1.82) is 0 Å². The Bertz CT molecular complexity index is 317. The Morgan fingerprint density at radius 2 is 2.31 bits per heavy atom. The lowest BCUT2D eigenvalue weighted by atomic mass is 10.1. The maximum Gasteiger partial charge on any atom is 0.303 e. The molecule has 1 atom stereocenters. The molecular formula is C9H12O3S. The molecule has 0 saturated carbocycles. The molecule has 0 aliphatic heterocycles. The van der Waals surface area contributed by atoms with E-state index < -0.39 is 5.97 Å². The van der Waals surface area contributed by atoms with Crippen LogP contribution in [0.25, 0.3) is 0 Å². The second-order valence-corrected chi connectivity index (χ2v) is 4.39. The third kappa shape index (κ3) is 2.45. The van der Waals surface area contributed by atoms with Gasteiger partial charge in [-0.25, -0.2) is 0 Å². The van der Waals surface area contributed by atoms with Crippen LogP contribution in [0.15, 0.2) is 6.07 Å². The monoisotopic (exact) mass is 200 g/mol. The van der Waals surface area contributed by atoms with Crippen LogP contribution < -0.4 is 0 Å². The Morgan fingerprint density at radius 1 is 1.69 bits per heavy atom. The minimum absolute atomic E-state index is 0.0630. The van der Waals surface area contributed by atoms with Gasteiger partial charge in [0, 0.05) is 15.7 Å². The number of aromatic hydroxyl groups is 1. The van der Waals surface area contributed by atoms with Crippen molar-refractivity contribution in [2.75, 3.05) is 0 Å². The maximum atomic E-state index is 10.4. The average Bonchev–Trinajstić information content (AvgIpc) is 2.28. The van der Waals surface area contributed by atoms with Gasteiger partial charge in [-0.1, -0.05) is 6.92 Å². The highest BCUT2D eigenvalue weighted by atomic mass is 32.1. The smallest absolute Gasteiger partial charge is 0.303 e. The fourth-order valence-electron chi connectivity index (χ4n) is 1.23. The molecule has 4 heteroatoms. The first kappa shape index (κ1) is 10.1. The molecule has 0 saturated heterocycles. The van der Waals surface area contributed by atoms with Crippen LogP contribution in [0, 0.1) is 6.92 Å². The summed E-state index contributed by atoms with van der Waals surface area (Å²) in [5, 5.41) is 18.0. The van der Waals surface area contributed by atoms with E-state index in [0.29, 0.717) is 0 Å². The lowest BCUT2D eigenvalue weighted by molar-refractivity contribution is -0.137. The number of rotatable bonds is 3. The van der Waals surface area contributed by atoms with Crippen LogP contribution in [-0.4, -0.2) is 16.2 Å². The highest BCUT2D eigenvalue weighted by Gasteiger charge is 2.16. The Balaban J connectivity index is 2.81. The first-order valence-electron chi connectivity index (χ1n) is 4.01. The van der Waals surface area contributed by atoms with Crippen molar-refractivity contribution in [2.24, 2.45) is 0 Å². The molecule has 1 aromatic heterocycles. The third-order valence-corrected chi connectivity index (χ3v) is 3.06. The Morgan fingerprint density at radius 3 is 2.69 bits per heavy atom. The summed E-state index contributed by atoms with van der Waals surface area (Å²) in [7, 11) is 0. The Labute approximate surface area is 80.6 Å². The largest absolute Gasteiger partial charge is 0.507 e. The van der Waals surface area contributed by atoms with Crippen molar-refractivity contribution >= 4 is 17.3 Å². The summed E-state index contributed by atoms with van der Waals surface area (Å²) in [6.45, 7) is 3.69. The van der Waals surface area contributed by atoms with E-state index in [4.69, 9.17) is 5.11 Å². The molecular weight excluding hydrogens is 188 g/mol. The number of aryl methyl sites for hydroxylation is 1. The van der Waals surface area contributed by atoms with Crippen LogP contribution >= 0.6 is 11.3 Å². The predicted molar refractivity (Wildman–Crippen MR) is 51.4 cm³/mol. The van der Waals surface area contributed by atoms with E-state index in [2.05, 4.69) is 0 Å². The third-order valence-electron chi connectivity index (χ3n) is 1.79. The summed E-state index contributed by atoms with van der Waals surface area (Å²) in [5.74, 6) is -0.731. The van der Waals surface area contributed by atoms with Gasteiger partial charge in [-0.2, -0.15) is 0 Å². The zero-order valence-electron chi connectivity index (χ0n) is 7.57. The van der Waals surface area contributed by atoms with Gasteiger partial charge in [-0.3, -0.25) is 4.79 Å². The van der Waals surface area contributed by atoms with Gasteiger partial charge >= 0.3 is 5.97 Å². The molecule has 2 N–H and O–H groups in total. The van der Waals surface area contributed by atoms with Gasteiger partial charge in [0.25, 0.3) is 0 Å². The molecule has 0 spiro atoms. The molecule has 0 radical (unpaired) electrons. The quantitative estimate of drug-likeness (QED) is 0.787. The van der Waals surface area contributed by atoms with Crippen LogP contribution in [0.2, 0.25) is 0 Å². The molecule has 0 aliphatic carbocycles. The van der Waals surface area contributed by atoms with Gasteiger partial charge in [0.15, 0.2) is 0 Å². The first-order valence-corrected chi connectivity index (χ1v) is 4.83. The summed E-state index contributed by atoms with van der Waals surface area (Å²) >= 11 is 1.45. The maximum absolute atomic E-state index is 10.4. The fraction of sp³-hybridized carbons (Fsp3) is 0.444. The average molecular weight is 200 g/mol. The molecule has 1 heterocycles. The van der Waals surface area contributed by atoms with E-state index in [1.807, 2.05) is 6.92 Å². The van der Waals surface area contributed by atoms with Crippen LogP contribution in [0.3, 0.4) is 0 Å². The van der Waals surface area contributed by atoms with Crippen molar-refractivity contribution < 1.29 is 15.0 Å². The number of carboxylic acids is 1. The minimum Gasteiger partial charge on any atom is -0.507 e. The second kappa shape index (κ2) is 3.79. The number of thiophene rings is 1. The van der Waals surface area contributed by atoms with Gasteiger partial charge in [0.1, 0.15) is 5.75 Å². The minimum atomic E-state index is -0.835. The zero-order chi connectivity index (χ0) is 10.0. The zero-order valence-corrected chi connectivity index (χ0v) is 8.39. The molecule has 1 aromatic rings. The highest BCUT2D eigenvalue weighted by molar-refractivity contribution is 7.12.